The monoisotopic (exact) mass is 398 g/mol. The van der Waals surface area contributed by atoms with Gasteiger partial charge in [-0.2, -0.15) is 0 Å². The van der Waals surface area contributed by atoms with Gasteiger partial charge < -0.3 is 0 Å². The van der Waals surface area contributed by atoms with Gasteiger partial charge in [0.15, 0.2) is 0 Å². The summed E-state index contributed by atoms with van der Waals surface area (Å²) in [5, 5.41) is 11.2. The average Bonchev–Trinajstić information content (AvgIpc) is 3.38. The molecule has 30 heavy (non-hydrogen) atoms. The number of carbonyl (C=O) groups is 2. The second kappa shape index (κ2) is 6.35. The van der Waals surface area contributed by atoms with Gasteiger partial charge in [0.1, 0.15) is 0 Å². The molecule has 1 aliphatic heterocycles. The summed E-state index contributed by atoms with van der Waals surface area (Å²) in [7, 11) is 0. The third-order valence-corrected chi connectivity index (χ3v) is 6.41. The van der Waals surface area contributed by atoms with Gasteiger partial charge in [-0.25, -0.2) is 4.90 Å². The van der Waals surface area contributed by atoms with E-state index in [1.54, 1.807) is 6.07 Å². The molecule has 1 atom stereocenters. The lowest BCUT2D eigenvalue weighted by molar-refractivity contribution is -0.384. The second-order valence-corrected chi connectivity index (χ2v) is 7.88. The molecule has 6 nitrogen and oxygen atoms in total. The SMILES string of the molecule is O=C1CC2(CC2(c2ccccc2)c2ccccc2)C(=O)N1c1cccc([N+](=O)[O-])c1. The molecular formula is C24H18N2O4. The molecule has 1 spiro atoms. The fourth-order valence-electron chi connectivity index (χ4n) is 5.00. The van der Waals surface area contributed by atoms with E-state index >= 15 is 0 Å². The summed E-state index contributed by atoms with van der Waals surface area (Å²) in [6.45, 7) is 0. The third kappa shape index (κ3) is 2.37. The predicted molar refractivity (Wildman–Crippen MR) is 111 cm³/mol. The molecular weight excluding hydrogens is 380 g/mol. The molecule has 1 heterocycles. The second-order valence-electron chi connectivity index (χ2n) is 7.88. The van der Waals surface area contributed by atoms with Gasteiger partial charge in [-0.05, 0) is 23.6 Å². The Balaban J connectivity index is 1.62. The standard InChI is InChI=1S/C24H18N2O4/c27-21-15-23(22(28)25(21)19-12-7-13-20(14-19)26(29)30)16-24(23,17-8-3-1-4-9-17)18-10-5-2-6-11-18/h1-14H,15-16H2. The summed E-state index contributed by atoms with van der Waals surface area (Å²) in [5.41, 5.74) is 0.631. The Bertz CT molecular complexity index is 1140. The van der Waals surface area contributed by atoms with Gasteiger partial charge in [-0.1, -0.05) is 66.7 Å². The van der Waals surface area contributed by atoms with E-state index in [4.69, 9.17) is 0 Å². The van der Waals surface area contributed by atoms with Crippen molar-refractivity contribution in [3.8, 4) is 0 Å². The van der Waals surface area contributed by atoms with Crippen molar-refractivity contribution in [2.75, 3.05) is 4.90 Å². The summed E-state index contributed by atoms with van der Waals surface area (Å²) in [5.74, 6) is -0.616. The largest absolute Gasteiger partial charge is 0.274 e. The van der Waals surface area contributed by atoms with Gasteiger partial charge in [0.2, 0.25) is 11.8 Å². The maximum atomic E-state index is 13.7. The molecule has 0 N–H and O–H groups in total. The first-order valence-corrected chi connectivity index (χ1v) is 9.72. The molecule has 0 bridgehead atoms. The van der Waals surface area contributed by atoms with E-state index < -0.39 is 15.8 Å². The topological polar surface area (TPSA) is 80.5 Å². The number of nitrogens with zero attached hydrogens (tertiary/aromatic N) is 2. The first-order chi connectivity index (χ1) is 14.5. The summed E-state index contributed by atoms with van der Waals surface area (Å²) < 4.78 is 0. The molecule has 1 unspecified atom stereocenters. The number of amides is 2. The van der Waals surface area contributed by atoms with Crippen LogP contribution in [0.15, 0.2) is 84.9 Å². The first-order valence-electron chi connectivity index (χ1n) is 9.72. The van der Waals surface area contributed by atoms with Crippen LogP contribution in [-0.4, -0.2) is 16.7 Å². The number of hydrogen-bond acceptors (Lipinski definition) is 4. The number of hydrogen-bond donors (Lipinski definition) is 0. The summed E-state index contributed by atoms with van der Waals surface area (Å²) in [4.78, 5) is 38.4. The normalized spacial score (nSPS) is 21.8. The van der Waals surface area contributed by atoms with Crippen LogP contribution >= 0.6 is 0 Å². The molecule has 6 heteroatoms. The molecule has 3 aromatic rings. The lowest BCUT2D eigenvalue weighted by Gasteiger charge is -2.23. The number of nitro groups is 1. The van der Waals surface area contributed by atoms with Crippen molar-refractivity contribution in [2.45, 2.75) is 18.3 Å². The van der Waals surface area contributed by atoms with Gasteiger partial charge in [-0.15, -0.1) is 0 Å². The van der Waals surface area contributed by atoms with Crippen LogP contribution in [0.25, 0.3) is 0 Å². The zero-order valence-electron chi connectivity index (χ0n) is 16.0. The number of rotatable bonds is 4. The highest BCUT2D eigenvalue weighted by molar-refractivity contribution is 6.25. The third-order valence-electron chi connectivity index (χ3n) is 6.41. The van der Waals surface area contributed by atoms with Crippen LogP contribution in [0.1, 0.15) is 24.0 Å². The van der Waals surface area contributed by atoms with Crippen LogP contribution in [0.3, 0.4) is 0 Å². The number of carbonyl (C=O) groups excluding carboxylic acids is 2. The summed E-state index contributed by atoms with van der Waals surface area (Å²) >= 11 is 0. The smallest absolute Gasteiger partial charge is 0.271 e. The van der Waals surface area contributed by atoms with Crippen LogP contribution in [0.2, 0.25) is 0 Å². The first kappa shape index (κ1) is 18.2. The van der Waals surface area contributed by atoms with E-state index in [1.165, 1.54) is 18.2 Å². The van der Waals surface area contributed by atoms with Gasteiger partial charge in [0.25, 0.3) is 5.69 Å². The van der Waals surface area contributed by atoms with E-state index in [9.17, 15) is 19.7 Å². The van der Waals surface area contributed by atoms with Crippen molar-refractivity contribution >= 4 is 23.2 Å². The van der Waals surface area contributed by atoms with Crippen molar-refractivity contribution in [3.05, 3.63) is 106 Å². The number of non-ortho nitro benzene ring substituents is 1. The lowest BCUT2D eigenvalue weighted by atomic mass is 9.79. The van der Waals surface area contributed by atoms with Crippen molar-refractivity contribution in [2.24, 2.45) is 5.41 Å². The van der Waals surface area contributed by atoms with E-state index in [0.717, 1.165) is 16.0 Å². The molecule has 1 saturated carbocycles. The Labute approximate surface area is 172 Å². The van der Waals surface area contributed by atoms with Crippen LogP contribution in [0.4, 0.5) is 11.4 Å². The Morgan fingerprint density at radius 2 is 1.43 bits per heavy atom. The zero-order chi connectivity index (χ0) is 20.9. The zero-order valence-corrected chi connectivity index (χ0v) is 16.0. The van der Waals surface area contributed by atoms with Crippen molar-refractivity contribution in [1.82, 2.24) is 0 Å². The Hall–Kier alpha value is -3.80. The van der Waals surface area contributed by atoms with E-state index in [-0.39, 0.29) is 29.6 Å². The van der Waals surface area contributed by atoms with Crippen molar-refractivity contribution in [3.63, 3.8) is 0 Å². The van der Waals surface area contributed by atoms with Gasteiger partial charge >= 0.3 is 0 Å². The summed E-state index contributed by atoms with van der Waals surface area (Å²) in [6.07, 6.45) is 0.613. The highest BCUT2D eigenvalue weighted by Crippen LogP contribution is 2.72. The molecule has 0 radical (unpaired) electrons. The van der Waals surface area contributed by atoms with E-state index in [1.807, 2.05) is 60.7 Å². The molecule has 2 amide bonds. The number of anilines is 1. The molecule has 2 aliphatic rings. The van der Waals surface area contributed by atoms with Crippen molar-refractivity contribution < 1.29 is 14.5 Å². The highest BCUT2D eigenvalue weighted by atomic mass is 16.6. The number of nitro benzene ring substituents is 1. The maximum absolute atomic E-state index is 13.7. The molecule has 1 aliphatic carbocycles. The van der Waals surface area contributed by atoms with Crippen LogP contribution in [-0.2, 0) is 15.0 Å². The molecule has 5 rings (SSSR count). The van der Waals surface area contributed by atoms with Crippen LogP contribution in [0.5, 0.6) is 0 Å². The fraction of sp³-hybridized carbons (Fsp3) is 0.167. The molecule has 0 aromatic heterocycles. The Morgan fingerprint density at radius 1 is 0.833 bits per heavy atom. The van der Waals surface area contributed by atoms with E-state index in [0.29, 0.717) is 6.42 Å². The molecule has 148 valence electrons. The number of imide groups is 1. The average molecular weight is 398 g/mol. The Kier molecular flexibility index (Phi) is 3.86. The number of benzene rings is 3. The van der Waals surface area contributed by atoms with Crippen LogP contribution < -0.4 is 4.90 Å². The minimum absolute atomic E-state index is 0.0817. The van der Waals surface area contributed by atoms with Gasteiger partial charge in [0, 0.05) is 24.0 Å². The molecule has 3 aromatic carbocycles. The lowest BCUT2D eigenvalue weighted by Crippen LogP contribution is -2.33. The predicted octanol–water partition coefficient (Wildman–Crippen LogP) is 4.23. The minimum Gasteiger partial charge on any atom is -0.274 e. The Morgan fingerprint density at radius 3 is 2.00 bits per heavy atom. The van der Waals surface area contributed by atoms with Crippen LogP contribution in [0, 0.1) is 15.5 Å². The molecule has 1 saturated heterocycles. The quantitative estimate of drug-likeness (QED) is 0.374. The summed E-state index contributed by atoms with van der Waals surface area (Å²) in [6, 6.07) is 25.3. The van der Waals surface area contributed by atoms with Gasteiger partial charge in [-0.3, -0.25) is 19.7 Å². The van der Waals surface area contributed by atoms with Gasteiger partial charge in [0.05, 0.1) is 16.0 Å². The van der Waals surface area contributed by atoms with Crippen molar-refractivity contribution in [1.29, 1.82) is 0 Å². The highest BCUT2D eigenvalue weighted by Gasteiger charge is 2.77. The maximum Gasteiger partial charge on any atom is 0.271 e. The molecule has 2 fully saturated rings. The minimum atomic E-state index is -0.878. The van der Waals surface area contributed by atoms with E-state index in [2.05, 4.69) is 0 Å². The fourth-order valence-corrected chi connectivity index (χ4v) is 5.00.